The number of ether oxygens (including phenoxy) is 1. The van der Waals surface area contributed by atoms with Crippen molar-refractivity contribution in [1.29, 1.82) is 0 Å². The summed E-state index contributed by atoms with van der Waals surface area (Å²) in [6.07, 6.45) is 1.11. The summed E-state index contributed by atoms with van der Waals surface area (Å²) in [6, 6.07) is 5.69. The Labute approximate surface area is 85.5 Å². The third kappa shape index (κ3) is 2.31. The molecule has 0 atom stereocenters. The van der Waals surface area contributed by atoms with E-state index < -0.39 is 0 Å². The van der Waals surface area contributed by atoms with Crippen LogP contribution in [0.25, 0.3) is 0 Å². The molecule has 1 aromatic rings. The topological polar surface area (TPSA) is 38.5 Å². The van der Waals surface area contributed by atoms with E-state index in [4.69, 9.17) is 10.5 Å². The third-order valence-electron chi connectivity index (χ3n) is 2.17. The van der Waals surface area contributed by atoms with Crippen molar-refractivity contribution in [1.82, 2.24) is 0 Å². The van der Waals surface area contributed by atoms with Crippen LogP contribution in [0.15, 0.2) is 18.2 Å². The van der Waals surface area contributed by atoms with Gasteiger partial charge in [-0.2, -0.15) is 0 Å². The molecule has 3 nitrogen and oxygen atoms in total. The summed E-state index contributed by atoms with van der Waals surface area (Å²) in [4.78, 5) is 2.15. The molecule has 2 N–H and O–H groups in total. The highest BCUT2D eigenvalue weighted by Gasteiger charge is 2.07. The number of benzene rings is 1. The van der Waals surface area contributed by atoms with Gasteiger partial charge in [-0.25, -0.2) is 0 Å². The van der Waals surface area contributed by atoms with Gasteiger partial charge in [-0.1, -0.05) is 6.92 Å². The second-order valence-corrected chi connectivity index (χ2v) is 3.35. The molecule has 0 unspecified atom stereocenters. The van der Waals surface area contributed by atoms with Crippen LogP contribution in [0.2, 0.25) is 0 Å². The second-order valence-electron chi connectivity index (χ2n) is 3.35. The van der Waals surface area contributed by atoms with Crippen molar-refractivity contribution in [3.8, 4) is 5.75 Å². The zero-order chi connectivity index (χ0) is 10.6. The van der Waals surface area contributed by atoms with E-state index in [0.29, 0.717) is 0 Å². The molecule has 0 amide bonds. The number of nitrogen functional groups attached to an aromatic ring is 1. The molecule has 78 valence electrons. The first-order chi connectivity index (χ1) is 6.69. The molecule has 0 spiro atoms. The predicted octanol–water partition coefficient (Wildman–Crippen LogP) is 2.12. The zero-order valence-electron chi connectivity index (χ0n) is 9.08. The lowest BCUT2D eigenvalue weighted by atomic mass is 10.2. The SMILES string of the molecule is CCCN(C)c1cc(N)ccc1OC. The van der Waals surface area contributed by atoms with Crippen LogP contribution in [0.1, 0.15) is 13.3 Å². The molecule has 0 saturated carbocycles. The molecule has 0 saturated heterocycles. The summed E-state index contributed by atoms with van der Waals surface area (Å²) in [5.41, 5.74) is 7.55. The maximum Gasteiger partial charge on any atom is 0.142 e. The molecule has 0 aromatic heterocycles. The minimum absolute atomic E-state index is 0.767. The number of rotatable bonds is 4. The minimum atomic E-state index is 0.767. The average molecular weight is 194 g/mol. The van der Waals surface area contributed by atoms with Crippen molar-refractivity contribution in [3.63, 3.8) is 0 Å². The van der Waals surface area contributed by atoms with Gasteiger partial charge >= 0.3 is 0 Å². The summed E-state index contributed by atoms with van der Waals surface area (Å²) >= 11 is 0. The second kappa shape index (κ2) is 4.74. The van der Waals surface area contributed by atoms with Crippen LogP contribution >= 0.6 is 0 Å². The highest BCUT2D eigenvalue weighted by Crippen LogP contribution is 2.29. The maximum atomic E-state index is 5.73. The lowest BCUT2D eigenvalue weighted by molar-refractivity contribution is 0.415. The smallest absolute Gasteiger partial charge is 0.142 e. The summed E-state index contributed by atoms with van der Waals surface area (Å²) in [6.45, 7) is 3.15. The fraction of sp³-hybridized carbons (Fsp3) is 0.455. The minimum Gasteiger partial charge on any atom is -0.495 e. The molecule has 0 heterocycles. The summed E-state index contributed by atoms with van der Waals surface area (Å²) in [5, 5.41) is 0. The first kappa shape index (κ1) is 10.7. The molecular weight excluding hydrogens is 176 g/mol. The number of nitrogens with zero attached hydrogens (tertiary/aromatic N) is 1. The van der Waals surface area contributed by atoms with Crippen molar-refractivity contribution in [2.24, 2.45) is 0 Å². The van der Waals surface area contributed by atoms with Gasteiger partial charge in [0.05, 0.1) is 12.8 Å². The zero-order valence-corrected chi connectivity index (χ0v) is 9.08. The van der Waals surface area contributed by atoms with Gasteiger partial charge in [0.15, 0.2) is 0 Å². The quantitative estimate of drug-likeness (QED) is 0.746. The standard InChI is InChI=1S/C11H18N2O/c1-4-7-13(2)10-8-9(12)5-6-11(10)14-3/h5-6,8H,4,7,12H2,1-3H3. The number of hydrogen-bond acceptors (Lipinski definition) is 3. The Hall–Kier alpha value is -1.38. The van der Waals surface area contributed by atoms with E-state index in [1.54, 1.807) is 7.11 Å². The van der Waals surface area contributed by atoms with Crippen molar-refractivity contribution < 1.29 is 4.74 Å². The van der Waals surface area contributed by atoms with E-state index in [1.165, 1.54) is 0 Å². The normalized spacial score (nSPS) is 9.93. The van der Waals surface area contributed by atoms with Gasteiger partial charge in [0.2, 0.25) is 0 Å². The van der Waals surface area contributed by atoms with E-state index in [1.807, 2.05) is 25.2 Å². The average Bonchev–Trinajstić information content (AvgIpc) is 2.18. The molecule has 0 bridgehead atoms. The number of nitrogens with two attached hydrogens (primary N) is 1. The van der Waals surface area contributed by atoms with Crippen LogP contribution in [-0.2, 0) is 0 Å². The van der Waals surface area contributed by atoms with Gasteiger partial charge in [-0.3, -0.25) is 0 Å². The maximum absolute atomic E-state index is 5.73. The van der Waals surface area contributed by atoms with Crippen LogP contribution in [0.5, 0.6) is 5.75 Å². The van der Waals surface area contributed by atoms with Crippen molar-refractivity contribution >= 4 is 11.4 Å². The Bertz CT molecular complexity index is 299. The van der Waals surface area contributed by atoms with Gasteiger partial charge in [0, 0.05) is 19.3 Å². The first-order valence-electron chi connectivity index (χ1n) is 4.83. The first-order valence-corrected chi connectivity index (χ1v) is 4.83. The van der Waals surface area contributed by atoms with Crippen molar-refractivity contribution in [2.75, 3.05) is 31.3 Å². The summed E-state index contributed by atoms with van der Waals surface area (Å²) < 4.78 is 5.27. The van der Waals surface area contributed by atoms with E-state index >= 15 is 0 Å². The van der Waals surface area contributed by atoms with E-state index in [9.17, 15) is 0 Å². The highest BCUT2D eigenvalue weighted by molar-refractivity contribution is 5.64. The van der Waals surface area contributed by atoms with Gasteiger partial charge in [0.1, 0.15) is 5.75 Å². The Balaban J connectivity index is 2.97. The van der Waals surface area contributed by atoms with Crippen molar-refractivity contribution in [3.05, 3.63) is 18.2 Å². The summed E-state index contributed by atoms with van der Waals surface area (Å²) in [7, 11) is 3.72. The molecule has 1 aromatic carbocycles. The molecule has 3 heteroatoms. The third-order valence-corrected chi connectivity index (χ3v) is 2.17. The monoisotopic (exact) mass is 194 g/mol. The fourth-order valence-corrected chi connectivity index (χ4v) is 1.46. The van der Waals surface area contributed by atoms with Gasteiger partial charge in [-0.05, 0) is 24.6 Å². The van der Waals surface area contributed by atoms with Crippen LogP contribution < -0.4 is 15.4 Å². The van der Waals surface area contributed by atoms with E-state index in [-0.39, 0.29) is 0 Å². The Morgan fingerprint density at radius 1 is 1.43 bits per heavy atom. The lowest BCUT2D eigenvalue weighted by Gasteiger charge is -2.21. The van der Waals surface area contributed by atoms with Crippen LogP contribution in [0, 0.1) is 0 Å². The van der Waals surface area contributed by atoms with Gasteiger partial charge in [-0.15, -0.1) is 0 Å². The summed E-state index contributed by atoms with van der Waals surface area (Å²) in [5.74, 6) is 0.871. The highest BCUT2D eigenvalue weighted by atomic mass is 16.5. The Morgan fingerprint density at radius 2 is 2.14 bits per heavy atom. The molecule has 0 radical (unpaired) electrons. The van der Waals surface area contributed by atoms with Gasteiger partial charge < -0.3 is 15.4 Å². The predicted molar refractivity (Wildman–Crippen MR) is 61.0 cm³/mol. The molecule has 0 aliphatic carbocycles. The molecular formula is C11H18N2O. The Kier molecular flexibility index (Phi) is 3.63. The lowest BCUT2D eigenvalue weighted by Crippen LogP contribution is -2.18. The van der Waals surface area contributed by atoms with Crippen LogP contribution in [0.3, 0.4) is 0 Å². The van der Waals surface area contributed by atoms with E-state index in [0.717, 1.165) is 30.1 Å². The largest absolute Gasteiger partial charge is 0.495 e. The molecule has 0 aliphatic rings. The number of methoxy groups -OCH3 is 1. The van der Waals surface area contributed by atoms with Crippen LogP contribution in [-0.4, -0.2) is 20.7 Å². The molecule has 0 fully saturated rings. The number of hydrogen-bond donors (Lipinski definition) is 1. The molecule has 0 aliphatic heterocycles. The number of anilines is 2. The Morgan fingerprint density at radius 3 is 2.71 bits per heavy atom. The molecule has 14 heavy (non-hydrogen) atoms. The fourth-order valence-electron chi connectivity index (χ4n) is 1.46. The van der Waals surface area contributed by atoms with Crippen LogP contribution in [0.4, 0.5) is 11.4 Å². The van der Waals surface area contributed by atoms with Gasteiger partial charge in [0.25, 0.3) is 0 Å². The molecule has 1 rings (SSSR count). The van der Waals surface area contributed by atoms with Crippen molar-refractivity contribution in [2.45, 2.75) is 13.3 Å². The van der Waals surface area contributed by atoms with E-state index in [2.05, 4.69) is 11.8 Å².